The second-order valence-electron chi connectivity index (χ2n) is 4.10. The van der Waals surface area contributed by atoms with Crippen molar-refractivity contribution in [2.24, 2.45) is 0 Å². The molecule has 2 rings (SSSR count). The highest BCUT2D eigenvalue weighted by atomic mass is 16.5. The van der Waals surface area contributed by atoms with Crippen LogP contribution in [0.25, 0.3) is 5.69 Å². The Kier molecular flexibility index (Phi) is 4.25. The van der Waals surface area contributed by atoms with Crippen molar-refractivity contribution in [3.8, 4) is 5.69 Å². The van der Waals surface area contributed by atoms with Crippen LogP contribution >= 0.6 is 0 Å². The summed E-state index contributed by atoms with van der Waals surface area (Å²) in [5.41, 5.74) is 0.926. The Bertz CT molecular complexity index is 468. The number of para-hydroxylation sites is 1. The highest BCUT2D eigenvalue weighted by molar-refractivity contribution is 5.38. The van der Waals surface area contributed by atoms with E-state index in [2.05, 4.69) is 20.8 Å². The van der Waals surface area contributed by atoms with E-state index in [-0.39, 0.29) is 6.10 Å². The topological polar surface area (TPSA) is 64.9 Å². The Labute approximate surface area is 106 Å². The quantitative estimate of drug-likeness (QED) is 0.784. The number of hydrogen-bond donors (Lipinski definition) is 1. The van der Waals surface area contributed by atoms with Crippen molar-refractivity contribution in [1.82, 2.24) is 20.2 Å². The predicted octanol–water partition coefficient (Wildman–Crippen LogP) is 1.50. The Balaban J connectivity index is 1.96. The standard InChI is InChI=1S/C12H17N5O/c1-10(2)18-9-8-13-12-14-15-16-17(12)11-6-4-3-5-7-11/h3-7,10H,8-9H2,1-2H3,(H,13,14,16). The molecule has 18 heavy (non-hydrogen) atoms. The van der Waals surface area contributed by atoms with Crippen molar-refractivity contribution in [2.75, 3.05) is 18.5 Å². The van der Waals surface area contributed by atoms with Crippen LogP contribution in [0.4, 0.5) is 5.95 Å². The minimum Gasteiger partial charge on any atom is -0.377 e. The van der Waals surface area contributed by atoms with Crippen molar-refractivity contribution in [2.45, 2.75) is 20.0 Å². The van der Waals surface area contributed by atoms with Gasteiger partial charge in [-0.05, 0) is 36.4 Å². The van der Waals surface area contributed by atoms with Gasteiger partial charge in [0.2, 0.25) is 5.95 Å². The first-order valence-corrected chi connectivity index (χ1v) is 5.96. The average molecular weight is 247 g/mol. The Morgan fingerprint density at radius 3 is 2.78 bits per heavy atom. The SMILES string of the molecule is CC(C)OCCNc1nnnn1-c1ccccc1. The van der Waals surface area contributed by atoms with E-state index in [0.717, 1.165) is 5.69 Å². The maximum atomic E-state index is 5.45. The third-order valence-electron chi connectivity index (χ3n) is 2.31. The van der Waals surface area contributed by atoms with Gasteiger partial charge in [0.05, 0.1) is 18.4 Å². The van der Waals surface area contributed by atoms with E-state index in [0.29, 0.717) is 19.1 Å². The summed E-state index contributed by atoms with van der Waals surface area (Å²) in [7, 11) is 0. The molecular weight excluding hydrogens is 230 g/mol. The first-order valence-electron chi connectivity index (χ1n) is 5.96. The van der Waals surface area contributed by atoms with E-state index in [4.69, 9.17) is 4.74 Å². The third kappa shape index (κ3) is 3.27. The number of ether oxygens (including phenoxy) is 1. The summed E-state index contributed by atoms with van der Waals surface area (Å²) >= 11 is 0. The molecule has 0 unspecified atom stereocenters. The summed E-state index contributed by atoms with van der Waals surface area (Å²) in [6.45, 7) is 5.31. The van der Waals surface area contributed by atoms with E-state index in [1.54, 1.807) is 4.68 Å². The first-order chi connectivity index (χ1) is 8.77. The molecule has 0 atom stereocenters. The number of tetrazole rings is 1. The summed E-state index contributed by atoms with van der Waals surface area (Å²) in [6, 6.07) is 9.75. The van der Waals surface area contributed by atoms with Gasteiger partial charge in [-0.3, -0.25) is 0 Å². The van der Waals surface area contributed by atoms with Crippen LogP contribution < -0.4 is 5.32 Å². The molecule has 0 saturated carbocycles. The number of rotatable bonds is 6. The third-order valence-corrected chi connectivity index (χ3v) is 2.31. The highest BCUT2D eigenvalue weighted by Crippen LogP contribution is 2.09. The van der Waals surface area contributed by atoms with Crippen LogP contribution in [-0.4, -0.2) is 39.5 Å². The Morgan fingerprint density at radius 2 is 2.06 bits per heavy atom. The molecule has 1 heterocycles. The summed E-state index contributed by atoms with van der Waals surface area (Å²) in [4.78, 5) is 0. The maximum Gasteiger partial charge on any atom is 0.247 e. The van der Waals surface area contributed by atoms with Crippen LogP contribution in [0.5, 0.6) is 0 Å². The van der Waals surface area contributed by atoms with Gasteiger partial charge >= 0.3 is 0 Å². The molecule has 1 N–H and O–H groups in total. The first kappa shape index (κ1) is 12.5. The Hall–Kier alpha value is -1.95. The van der Waals surface area contributed by atoms with Crippen LogP contribution in [0.15, 0.2) is 30.3 Å². The Morgan fingerprint density at radius 1 is 1.28 bits per heavy atom. The van der Waals surface area contributed by atoms with E-state index in [9.17, 15) is 0 Å². The number of nitrogens with one attached hydrogen (secondary N) is 1. The molecule has 0 aliphatic carbocycles. The van der Waals surface area contributed by atoms with Crippen molar-refractivity contribution in [3.63, 3.8) is 0 Å². The lowest BCUT2D eigenvalue weighted by Gasteiger charge is -2.09. The van der Waals surface area contributed by atoms with Crippen LogP contribution in [-0.2, 0) is 4.74 Å². The van der Waals surface area contributed by atoms with E-state index < -0.39 is 0 Å². The molecule has 0 spiro atoms. The minimum absolute atomic E-state index is 0.233. The predicted molar refractivity (Wildman–Crippen MR) is 68.7 cm³/mol. The fourth-order valence-corrected chi connectivity index (χ4v) is 1.50. The zero-order valence-corrected chi connectivity index (χ0v) is 10.6. The van der Waals surface area contributed by atoms with Crippen molar-refractivity contribution in [3.05, 3.63) is 30.3 Å². The molecule has 0 saturated heterocycles. The molecule has 0 aliphatic rings. The molecule has 0 fully saturated rings. The van der Waals surface area contributed by atoms with E-state index in [1.807, 2.05) is 44.2 Å². The number of anilines is 1. The molecule has 6 nitrogen and oxygen atoms in total. The van der Waals surface area contributed by atoms with Crippen molar-refractivity contribution in [1.29, 1.82) is 0 Å². The van der Waals surface area contributed by atoms with E-state index in [1.165, 1.54) is 0 Å². The molecule has 6 heteroatoms. The van der Waals surface area contributed by atoms with Crippen LogP contribution in [0, 0.1) is 0 Å². The lowest BCUT2D eigenvalue weighted by Crippen LogP contribution is -2.15. The summed E-state index contributed by atoms with van der Waals surface area (Å²) in [5.74, 6) is 0.619. The molecule has 0 bridgehead atoms. The second-order valence-corrected chi connectivity index (χ2v) is 4.10. The van der Waals surface area contributed by atoms with Gasteiger partial charge in [0.25, 0.3) is 0 Å². The van der Waals surface area contributed by atoms with Crippen LogP contribution in [0.3, 0.4) is 0 Å². The lowest BCUT2D eigenvalue weighted by atomic mass is 10.3. The minimum atomic E-state index is 0.233. The van der Waals surface area contributed by atoms with Gasteiger partial charge in [0.15, 0.2) is 0 Å². The van der Waals surface area contributed by atoms with Gasteiger partial charge in [0, 0.05) is 6.54 Å². The molecule has 1 aromatic heterocycles. The molecular formula is C12H17N5O. The second kappa shape index (κ2) is 6.11. The number of benzene rings is 1. The largest absolute Gasteiger partial charge is 0.377 e. The number of nitrogens with zero attached hydrogens (tertiary/aromatic N) is 4. The van der Waals surface area contributed by atoms with Gasteiger partial charge in [0.1, 0.15) is 0 Å². The molecule has 96 valence electrons. The normalized spacial score (nSPS) is 10.8. The van der Waals surface area contributed by atoms with Gasteiger partial charge < -0.3 is 10.1 Å². The highest BCUT2D eigenvalue weighted by Gasteiger charge is 2.06. The summed E-state index contributed by atoms with van der Waals surface area (Å²) in [6.07, 6.45) is 0.233. The van der Waals surface area contributed by atoms with Gasteiger partial charge in [-0.15, -0.1) is 0 Å². The molecule has 0 radical (unpaired) electrons. The lowest BCUT2D eigenvalue weighted by molar-refractivity contribution is 0.0869. The van der Waals surface area contributed by atoms with Gasteiger partial charge in [-0.1, -0.05) is 23.3 Å². The fraction of sp³-hybridized carbons (Fsp3) is 0.417. The van der Waals surface area contributed by atoms with Gasteiger partial charge in [-0.25, -0.2) is 0 Å². The fourth-order valence-electron chi connectivity index (χ4n) is 1.50. The zero-order valence-electron chi connectivity index (χ0n) is 10.6. The number of hydrogen-bond acceptors (Lipinski definition) is 5. The molecule has 0 amide bonds. The van der Waals surface area contributed by atoms with Crippen LogP contribution in [0.1, 0.15) is 13.8 Å². The monoisotopic (exact) mass is 247 g/mol. The average Bonchev–Trinajstić information content (AvgIpc) is 2.84. The summed E-state index contributed by atoms with van der Waals surface area (Å²) in [5, 5.41) is 14.7. The van der Waals surface area contributed by atoms with Crippen molar-refractivity contribution < 1.29 is 4.74 Å². The van der Waals surface area contributed by atoms with Gasteiger partial charge in [-0.2, -0.15) is 4.68 Å². The molecule has 1 aromatic carbocycles. The van der Waals surface area contributed by atoms with Crippen molar-refractivity contribution >= 4 is 5.95 Å². The summed E-state index contributed by atoms with van der Waals surface area (Å²) < 4.78 is 7.11. The molecule has 2 aromatic rings. The van der Waals surface area contributed by atoms with E-state index >= 15 is 0 Å². The van der Waals surface area contributed by atoms with Crippen LogP contribution in [0.2, 0.25) is 0 Å². The smallest absolute Gasteiger partial charge is 0.247 e. The maximum absolute atomic E-state index is 5.45. The zero-order chi connectivity index (χ0) is 12.8. The number of aromatic nitrogens is 4. The molecule has 0 aliphatic heterocycles.